The van der Waals surface area contributed by atoms with Gasteiger partial charge in [0.25, 0.3) is 0 Å². The molecule has 1 atom stereocenters. The second kappa shape index (κ2) is 13.3. The molecule has 0 radical (unpaired) electrons. The van der Waals surface area contributed by atoms with Gasteiger partial charge < -0.3 is 14.7 Å². The van der Waals surface area contributed by atoms with E-state index in [9.17, 15) is 4.79 Å². The van der Waals surface area contributed by atoms with Gasteiger partial charge in [-0.25, -0.2) is 9.78 Å². The van der Waals surface area contributed by atoms with Gasteiger partial charge in [-0.1, -0.05) is 80.6 Å². The number of carboxylic acids is 1. The predicted molar refractivity (Wildman–Crippen MR) is 135 cm³/mol. The van der Waals surface area contributed by atoms with Crippen molar-refractivity contribution in [1.29, 1.82) is 0 Å². The van der Waals surface area contributed by atoms with Crippen LogP contribution in [0.4, 0.5) is 0 Å². The number of pyridine rings is 1. The van der Waals surface area contributed by atoms with Gasteiger partial charge in [-0.3, -0.25) is 0 Å². The Hall–Kier alpha value is -3.41. The third-order valence-corrected chi connectivity index (χ3v) is 5.74. The largest absolute Gasteiger partial charge is 0.487 e. The molecule has 0 spiro atoms. The Kier molecular flexibility index (Phi) is 9.89. The van der Waals surface area contributed by atoms with E-state index in [2.05, 4.69) is 17.1 Å². The standard InChI is InChI=1S/C28H34N2O4/c1-3-4-5-6-7-8-13-27(34-30-21(2)28(31)32)23-15-18-25(19-16-23)33-20-24-17-14-22-11-9-10-12-26(22)29-24/h9-12,14-19,27H,3-8,13,20H2,1-2H3,(H,31,32)/b30-21+. The van der Waals surface area contributed by atoms with Crippen molar-refractivity contribution in [3.8, 4) is 5.75 Å². The summed E-state index contributed by atoms with van der Waals surface area (Å²) in [4.78, 5) is 21.4. The number of fused-ring (bicyclic) bond motifs is 1. The van der Waals surface area contributed by atoms with Crippen LogP contribution < -0.4 is 4.74 Å². The average molecular weight is 463 g/mol. The molecule has 3 rings (SSSR count). The van der Waals surface area contributed by atoms with Crippen LogP contribution in [0.1, 0.15) is 76.2 Å². The molecular formula is C28H34N2O4. The lowest BCUT2D eigenvalue weighted by Gasteiger charge is -2.16. The van der Waals surface area contributed by atoms with Crippen molar-refractivity contribution in [1.82, 2.24) is 4.98 Å². The van der Waals surface area contributed by atoms with E-state index >= 15 is 0 Å². The van der Waals surface area contributed by atoms with E-state index in [1.165, 1.54) is 32.6 Å². The highest BCUT2D eigenvalue weighted by Gasteiger charge is 2.14. The highest BCUT2D eigenvalue weighted by atomic mass is 16.6. The summed E-state index contributed by atoms with van der Waals surface area (Å²) in [7, 11) is 0. The molecule has 3 aromatic rings. The van der Waals surface area contributed by atoms with E-state index in [0.717, 1.165) is 47.2 Å². The van der Waals surface area contributed by atoms with Gasteiger partial charge in [-0.15, -0.1) is 0 Å². The van der Waals surface area contributed by atoms with E-state index in [4.69, 9.17) is 14.7 Å². The topological polar surface area (TPSA) is 81.0 Å². The predicted octanol–water partition coefficient (Wildman–Crippen LogP) is 7.08. The molecule has 1 heterocycles. The van der Waals surface area contributed by atoms with Gasteiger partial charge in [-0.05, 0) is 49.6 Å². The zero-order valence-electron chi connectivity index (χ0n) is 20.1. The molecule has 0 amide bonds. The molecule has 0 bridgehead atoms. The minimum Gasteiger partial charge on any atom is -0.487 e. The first-order valence-electron chi connectivity index (χ1n) is 12.1. The lowest BCUT2D eigenvalue weighted by Crippen LogP contribution is -2.10. The van der Waals surface area contributed by atoms with Crippen LogP contribution in [0.2, 0.25) is 0 Å². The van der Waals surface area contributed by atoms with Crippen molar-refractivity contribution in [2.45, 2.75) is 71.5 Å². The number of hydrogen-bond acceptors (Lipinski definition) is 5. The summed E-state index contributed by atoms with van der Waals surface area (Å²) >= 11 is 0. The van der Waals surface area contributed by atoms with Gasteiger partial charge in [-0.2, -0.15) is 0 Å². The maximum Gasteiger partial charge on any atom is 0.353 e. The summed E-state index contributed by atoms with van der Waals surface area (Å²) in [6.45, 7) is 4.02. The SMILES string of the molecule is CCCCCCCCC(O/N=C(\C)C(=O)O)c1ccc(OCc2ccc3ccccc3n2)cc1. The van der Waals surface area contributed by atoms with E-state index in [1.807, 2.05) is 60.7 Å². The molecule has 180 valence electrons. The Labute approximate surface area is 201 Å². The molecule has 0 fully saturated rings. The second-order valence-corrected chi connectivity index (χ2v) is 8.49. The third kappa shape index (κ3) is 7.87. The van der Waals surface area contributed by atoms with Gasteiger partial charge in [0.05, 0.1) is 11.2 Å². The van der Waals surface area contributed by atoms with E-state index < -0.39 is 5.97 Å². The summed E-state index contributed by atoms with van der Waals surface area (Å²) in [5, 5.41) is 14.0. The average Bonchev–Trinajstić information content (AvgIpc) is 2.86. The van der Waals surface area contributed by atoms with Gasteiger partial charge >= 0.3 is 5.97 Å². The van der Waals surface area contributed by atoms with Crippen LogP contribution in [0.25, 0.3) is 10.9 Å². The number of nitrogens with zero attached hydrogens (tertiary/aromatic N) is 2. The minimum absolute atomic E-state index is 0.0595. The highest BCUT2D eigenvalue weighted by Crippen LogP contribution is 2.27. The van der Waals surface area contributed by atoms with Crippen molar-refractivity contribution >= 4 is 22.6 Å². The molecule has 0 aliphatic carbocycles. The van der Waals surface area contributed by atoms with Crippen molar-refractivity contribution in [2.75, 3.05) is 0 Å². The van der Waals surface area contributed by atoms with Crippen LogP contribution in [0.5, 0.6) is 5.75 Å². The lowest BCUT2D eigenvalue weighted by molar-refractivity contribution is -0.129. The van der Waals surface area contributed by atoms with Crippen LogP contribution in [0, 0.1) is 0 Å². The van der Waals surface area contributed by atoms with Crippen molar-refractivity contribution in [3.63, 3.8) is 0 Å². The molecule has 1 unspecified atom stereocenters. The molecule has 1 aromatic heterocycles. The Morgan fingerprint density at radius 2 is 1.71 bits per heavy atom. The molecule has 0 saturated heterocycles. The quantitative estimate of drug-likeness (QED) is 0.157. The molecule has 0 saturated carbocycles. The van der Waals surface area contributed by atoms with Crippen LogP contribution >= 0.6 is 0 Å². The first-order valence-corrected chi connectivity index (χ1v) is 12.1. The van der Waals surface area contributed by atoms with Crippen LogP contribution in [0.3, 0.4) is 0 Å². The van der Waals surface area contributed by atoms with Crippen molar-refractivity contribution in [3.05, 3.63) is 71.9 Å². The lowest BCUT2D eigenvalue weighted by atomic mass is 10.0. The summed E-state index contributed by atoms with van der Waals surface area (Å²) in [5.41, 5.74) is 2.71. The first kappa shape index (κ1) is 25.2. The van der Waals surface area contributed by atoms with Crippen LogP contribution in [-0.4, -0.2) is 21.8 Å². The van der Waals surface area contributed by atoms with Crippen LogP contribution in [-0.2, 0) is 16.2 Å². The van der Waals surface area contributed by atoms with Crippen LogP contribution in [0.15, 0.2) is 65.8 Å². The van der Waals surface area contributed by atoms with E-state index in [-0.39, 0.29) is 11.8 Å². The molecule has 6 nitrogen and oxygen atoms in total. The number of carboxylic acid groups (broad SMARTS) is 1. The molecule has 6 heteroatoms. The number of oxime groups is 1. The summed E-state index contributed by atoms with van der Waals surface area (Å²) in [6.07, 6.45) is 7.55. The number of hydrogen-bond donors (Lipinski definition) is 1. The molecular weight excluding hydrogens is 428 g/mol. The fourth-order valence-corrected chi connectivity index (χ4v) is 3.70. The monoisotopic (exact) mass is 462 g/mol. The highest BCUT2D eigenvalue weighted by molar-refractivity contribution is 6.34. The summed E-state index contributed by atoms with van der Waals surface area (Å²) in [6, 6.07) is 19.8. The normalized spacial score (nSPS) is 12.5. The zero-order chi connectivity index (χ0) is 24.2. The maximum atomic E-state index is 11.1. The van der Waals surface area contributed by atoms with Crippen molar-refractivity contribution < 1.29 is 19.5 Å². The fraction of sp³-hybridized carbons (Fsp3) is 0.393. The van der Waals surface area contributed by atoms with Gasteiger partial charge in [0.15, 0.2) is 11.8 Å². The van der Waals surface area contributed by atoms with Gasteiger partial charge in [0.2, 0.25) is 0 Å². The summed E-state index contributed by atoms with van der Waals surface area (Å²) in [5.74, 6) is -0.341. The van der Waals surface area contributed by atoms with Crippen molar-refractivity contribution in [2.24, 2.45) is 5.16 Å². The Bertz CT molecular complexity index is 1080. The maximum absolute atomic E-state index is 11.1. The van der Waals surface area contributed by atoms with Gasteiger partial charge in [0, 0.05) is 5.39 Å². The number of benzene rings is 2. The second-order valence-electron chi connectivity index (χ2n) is 8.49. The molecule has 0 aliphatic rings. The summed E-state index contributed by atoms with van der Waals surface area (Å²) < 4.78 is 5.93. The Balaban J connectivity index is 1.60. The number of ether oxygens (including phenoxy) is 1. The van der Waals surface area contributed by atoms with E-state index in [1.54, 1.807) is 0 Å². The Morgan fingerprint density at radius 1 is 0.971 bits per heavy atom. The third-order valence-electron chi connectivity index (χ3n) is 5.74. The fourth-order valence-electron chi connectivity index (χ4n) is 3.70. The molecule has 0 aliphatic heterocycles. The number of para-hydroxylation sites is 1. The van der Waals surface area contributed by atoms with Gasteiger partial charge in [0.1, 0.15) is 12.4 Å². The number of rotatable bonds is 14. The smallest absolute Gasteiger partial charge is 0.353 e. The first-order chi connectivity index (χ1) is 16.6. The zero-order valence-corrected chi connectivity index (χ0v) is 20.1. The number of carbonyl (C=O) groups is 1. The number of aliphatic carboxylic acids is 1. The Morgan fingerprint density at radius 3 is 2.47 bits per heavy atom. The molecule has 1 N–H and O–H groups in total. The van der Waals surface area contributed by atoms with E-state index in [0.29, 0.717) is 6.61 Å². The molecule has 34 heavy (non-hydrogen) atoms. The number of unbranched alkanes of at least 4 members (excludes halogenated alkanes) is 5. The molecule has 2 aromatic carbocycles. The minimum atomic E-state index is -1.08. The number of aromatic nitrogens is 1.